The molecule has 0 saturated carbocycles. The Balaban J connectivity index is 1.77. The van der Waals surface area contributed by atoms with E-state index in [-0.39, 0.29) is 29.3 Å². The van der Waals surface area contributed by atoms with Gasteiger partial charge in [0.1, 0.15) is 22.9 Å². The van der Waals surface area contributed by atoms with Crippen LogP contribution in [0.15, 0.2) is 54.7 Å². The Morgan fingerprint density at radius 1 is 1.07 bits per heavy atom. The number of pyridine rings is 1. The number of carbonyl (C=O) groups excluding carboxylic acids is 1. The highest BCUT2D eigenvalue weighted by Crippen LogP contribution is 2.24. The van der Waals surface area contributed by atoms with Gasteiger partial charge >= 0.3 is 5.97 Å². The molecule has 2 N–H and O–H groups in total. The standard InChI is InChI=1S/C21H16F2N2O4/c1-12-8-13(21(27)28)2-3-14(12)10-24-19(26)18-9-16(23)11-25-20(18)29-17-6-4-15(22)5-7-17/h2-9,11H,10H2,1H3,(H,24,26)(H,27,28). The monoisotopic (exact) mass is 398 g/mol. The molecule has 0 radical (unpaired) electrons. The number of carboxylic acids is 1. The normalized spacial score (nSPS) is 10.4. The molecule has 2 aromatic carbocycles. The van der Waals surface area contributed by atoms with Gasteiger partial charge < -0.3 is 15.2 Å². The maximum absolute atomic E-state index is 13.6. The highest BCUT2D eigenvalue weighted by atomic mass is 19.1. The van der Waals surface area contributed by atoms with Crippen LogP contribution in [-0.4, -0.2) is 22.0 Å². The van der Waals surface area contributed by atoms with Crippen molar-refractivity contribution in [3.63, 3.8) is 0 Å². The summed E-state index contributed by atoms with van der Waals surface area (Å²) in [6.07, 6.45) is 0.907. The maximum Gasteiger partial charge on any atom is 0.335 e. The minimum absolute atomic E-state index is 0.0943. The molecule has 0 spiro atoms. The molecule has 1 aromatic heterocycles. The number of halogens is 2. The molecule has 0 bridgehead atoms. The number of aromatic carboxylic acids is 1. The highest BCUT2D eigenvalue weighted by molar-refractivity contribution is 5.96. The molecule has 3 rings (SSSR count). The van der Waals surface area contributed by atoms with E-state index in [1.807, 2.05) is 0 Å². The number of ether oxygens (including phenoxy) is 1. The second-order valence-electron chi connectivity index (χ2n) is 6.19. The third-order valence-corrected chi connectivity index (χ3v) is 4.12. The predicted molar refractivity (Wildman–Crippen MR) is 100.0 cm³/mol. The smallest absolute Gasteiger partial charge is 0.335 e. The summed E-state index contributed by atoms with van der Waals surface area (Å²) in [5, 5.41) is 11.6. The summed E-state index contributed by atoms with van der Waals surface area (Å²) in [4.78, 5) is 27.4. The van der Waals surface area contributed by atoms with Crippen LogP contribution in [0.25, 0.3) is 0 Å². The van der Waals surface area contributed by atoms with Crippen LogP contribution in [0.3, 0.4) is 0 Å². The van der Waals surface area contributed by atoms with Crippen molar-refractivity contribution in [2.75, 3.05) is 0 Å². The molecule has 148 valence electrons. The fourth-order valence-electron chi connectivity index (χ4n) is 2.58. The Morgan fingerprint density at radius 3 is 2.45 bits per heavy atom. The third kappa shape index (κ3) is 4.92. The van der Waals surface area contributed by atoms with E-state index in [9.17, 15) is 18.4 Å². The van der Waals surface area contributed by atoms with Crippen LogP contribution in [-0.2, 0) is 6.54 Å². The van der Waals surface area contributed by atoms with Gasteiger partial charge in [0.05, 0.1) is 11.8 Å². The molecule has 0 aliphatic rings. The first-order valence-corrected chi connectivity index (χ1v) is 8.53. The van der Waals surface area contributed by atoms with Gasteiger partial charge in [-0.2, -0.15) is 0 Å². The molecule has 0 saturated heterocycles. The van der Waals surface area contributed by atoms with Gasteiger partial charge in [-0.15, -0.1) is 0 Å². The number of benzene rings is 2. The van der Waals surface area contributed by atoms with Gasteiger partial charge in [-0.3, -0.25) is 4.79 Å². The summed E-state index contributed by atoms with van der Waals surface area (Å²) >= 11 is 0. The lowest BCUT2D eigenvalue weighted by molar-refractivity contribution is 0.0696. The first-order valence-electron chi connectivity index (χ1n) is 8.53. The lowest BCUT2D eigenvalue weighted by Gasteiger charge is -2.12. The SMILES string of the molecule is Cc1cc(C(=O)O)ccc1CNC(=O)c1cc(F)cnc1Oc1ccc(F)cc1. The second-order valence-corrected chi connectivity index (χ2v) is 6.19. The van der Waals surface area contributed by atoms with Gasteiger partial charge in [0, 0.05) is 6.54 Å². The Morgan fingerprint density at radius 2 is 1.79 bits per heavy atom. The predicted octanol–water partition coefficient (Wildman–Crippen LogP) is 4.09. The summed E-state index contributed by atoms with van der Waals surface area (Å²) in [5.41, 5.74) is 1.40. The first-order chi connectivity index (χ1) is 13.8. The van der Waals surface area contributed by atoms with Gasteiger partial charge in [-0.05, 0) is 60.5 Å². The summed E-state index contributed by atoms with van der Waals surface area (Å²) in [6.45, 7) is 1.82. The highest BCUT2D eigenvalue weighted by Gasteiger charge is 2.17. The minimum atomic E-state index is -1.04. The zero-order chi connectivity index (χ0) is 21.0. The lowest BCUT2D eigenvalue weighted by Crippen LogP contribution is -2.24. The van der Waals surface area contributed by atoms with E-state index in [0.717, 1.165) is 12.3 Å². The van der Waals surface area contributed by atoms with E-state index in [2.05, 4.69) is 10.3 Å². The number of aromatic nitrogens is 1. The van der Waals surface area contributed by atoms with Crippen molar-refractivity contribution >= 4 is 11.9 Å². The van der Waals surface area contributed by atoms with Crippen molar-refractivity contribution in [3.8, 4) is 11.6 Å². The van der Waals surface area contributed by atoms with Gasteiger partial charge in [0.2, 0.25) is 5.88 Å². The van der Waals surface area contributed by atoms with Gasteiger partial charge in [-0.1, -0.05) is 6.07 Å². The number of hydrogen-bond acceptors (Lipinski definition) is 4. The fraction of sp³-hybridized carbons (Fsp3) is 0.0952. The molecule has 0 aliphatic heterocycles. The van der Waals surface area contributed by atoms with Crippen molar-refractivity contribution in [2.45, 2.75) is 13.5 Å². The molecule has 6 nitrogen and oxygen atoms in total. The molecule has 8 heteroatoms. The van der Waals surface area contributed by atoms with Crippen molar-refractivity contribution in [1.29, 1.82) is 0 Å². The number of nitrogens with zero attached hydrogens (tertiary/aromatic N) is 1. The summed E-state index contributed by atoms with van der Waals surface area (Å²) in [5.74, 6) is -2.74. The van der Waals surface area contributed by atoms with E-state index >= 15 is 0 Å². The largest absolute Gasteiger partial charge is 0.478 e. The average Bonchev–Trinajstić information content (AvgIpc) is 2.69. The average molecular weight is 398 g/mol. The van der Waals surface area contributed by atoms with Crippen LogP contribution in [0.1, 0.15) is 31.8 Å². The number of carbonyl (C=O) groups is 2. The minimum Gasteiger partial charge on any atom is -0.478 e. The molecule has 0 unspecified atom stereocenters. The van der Waals surface area contributed by atoms with E-state index < -0.39 is 23.5 Å². The van der Waals surface area contributed by atoms with Crippen LogP contribution < -0.4 is 10.1 Å². The van der Waals surface area contributed by atoms with E-state index in [1.54, 1.807) is 13.0 Å². The fourth-order valence-corrected chi connectivity index (χ4v) is 2.58. The van der Waals surface area contributed by atoms with Crippen molar-refractivity contribution in [1.82, 2.24) is 10.3 Å². The zero-order valence-electron chi connectivity index (χ0n) is 15.3. The zero-order valence-corrected chi connectivity index (χ0v) is 15.3. The first kappa shape index (κ1) is 19.9. The number of aryl methyl sites for hydroxylation is 1. The van der Waals surface area contributed by atoms with Crippen molar-refractivity contribution in [3.05, 3.63) is 88.6 Å². The molecule has 0 fully saturated rings. The molecule has 0 atom stereocenters. The molecule has 29 heavy (non-hydrogen) atoms. The molecular weight excluding hydrogens is 382 g/mol. The Kier molecular flexibility index (Phi) is 5.82. The number of rotatable bonds is 6. The van der Waals surface area contributed by atoms with Crippen molar-refractivity contribution < 1.29 is 28.2 Å². The molecule has 1 amide bonds. The molecule has 3 aromatic rings. The van der Waals surface area contributed by atoms with Gasteiger partial charge in [0.25, 0.3) is 5.91 Å². The van der Waals surface area contributed by atoms with E-state index in [0.29, 0.717) is 11.1 Å². The van der Waals surface area contributed by atoms with Crippen LogP contribution in [0, 0.1) is 18.6 Å². The van der Waals surface area contributed by atoms with E-state index in [4.69, 9.17) is 9.84 Å². The van der Waals surface area contributed by atoms with Gasteiger partial charge in [0.15, 0.2) is 0 Å². The Hall–Kier alpha value is -3.81. The Bertz CT molecular complexity index is 1070. The summed E-state index contributed by atoms with van der Waals surface area (Å²) in [6, 6.07) is 10.6. The second kappa shape index (κ2) is 8.47. The topological polar surface area (TPSA) is 88.5 Å². The molecule has 0 aliphatic carbocycles. The molecular formula is C21H16F2N2O4. The number of amides is 1. The summed E-state index contributed by atoms with van der Waals surface area (Å²) in [7, 11) is 0. The number of carboxylic acid groups (broad SMARTS) is 1. The third-order valence-electron chi connectivity index (χ3n) is 4.12. The van der Waals surface area contributed by atoms with Crippen LogP contribution >= 0.6 is 0 Å². The van der Waals surface area contributed by atoms with E-state index in [1.165, 1.54) is 36.4 Å². The number of nitrogens with one attached hydrogen (secondary N) is 1. The van der Waals surface area contributed by atoms with Crippen LogP contribution in [0.4, 0.5) is 8.78 Å². The quantitative estimate of drug-likeness (QED) is 0.653. The summed E-state index contributed by atoms with van der Waals surface area (Å²) < 4.78 is 32.2. The Labute approximate surface area is 164 Å². The van der Waals surface area contributed by atoms with Crippen LogP contribution in [0.2, 0.25) is 0 Å². The van der Waals surface area contributed by atoms with Crippen LogP contribution in [0.5, 0.6) is 11.6 Å². The number of hydrogen-bond donors (Lipinski definition) is 2. The molecule has 1 heterocycles. The van der Waals surface area contributed by atoms with Gasteiger partial charge in [-0.25, -0.2) is 18.6 Å². The lowest BCUT2D eigenvalue weighted by atomic mass is 10.0. The van der Waals surface area contributed by atoms with Crippen molar-refractivity contribution in [2.24, 2.45) is 0 Å². The maximum atomic E-state index is 13.6.